The number of aromatic nitrogens is 1. The molecule has 4 nitrogen and oxygen atoms in total. The van der Waals surface area contributed by atoms with Crippen LogP contribution < -0.4 is 4.57 Å². The Bertz CT molecular complexity index is 853. The Morgan fingerprint density at radius 1 is 1.15 bits per heavy atom. The van der Waals surface area contributed by atoms with Gasteiger partial charge in [0.15, 0.2) is 15.8 Å². The molecular formula is C18H24F3NO3S2. The molecule has 0 N–H and O–H groups in total. The molecule has 9 heteroatoms. The highest BCUT2D eigenvalue weighted by Gasteiger charge is 2.36. The molecule has 1 aromatic carbocycles. The summed E-state index contributed by atoms with van der Waals surface area (Å²) >= 11 is 2.01. The minimum absolute atomic E-state index is 1.16. The summed E-state index contributed by atoms with van der Waals surface area (Å²) in [6, 6.07) is 11.2. The molecule has 2 rings (SSSR count). The number of pyridine rings is 1. The Morgan fingerprint density at radius 3 is 2.26 bits per heavy atom. The predicted octanol–water partition coefficient (Wildman–Crippen LogP) is 4.56. The average molecular weight is 424 g/mol. The maximum absolute atomic E-state index is 10.7. The van der Waals surface area contributed by atoms with Crippen LogP contribution in [0.4, 0.5) is 13.2 Å². The van der Waals surface area contributed by atoms with Crippen LogP contribution in [0.15, 0.2) is 35.2 Å². The zero-order chi connectivity index (χ0) is 20.7. The fourth-order valence-electron chi connectivity index (χ4n) is 2.40. The molecule has 1 aromatic heterocycles. The third kappa shape index (κ3) is 6.97. The maximum Gasteiger partial charge on any atom is 0.485 e. The number of rotatable bonds is 6. The van der Waals surface area contributed by atoms with E-state index in [1.807, 2.05) is 11.8 Å². The smallest absolute Gasteiger partial charge is 0.485 e. The van der Waals surface area contributed by atoms with Crippen LogP contribution >= 0.6 is 11.8 Å². The molecule has 0 fully saturated rings. The molecule has 0 saturated carbocycles. The van der Waals surface area contributed by atoms with Gasteiger partial charge in [-0.2, -0.15) is 17.7 Å². The first kappa shape index (κ1) is 23.7. The van der Waals surface area contributed by atoms with Crippen LogP contribution in [0.3, 0.4) is 0 Å². The summed E-state index contributed by atoms with van der Waals surface area (Å²) in [5.74, 6) is 1.22. The lowest BCUT2D eigenvalue weighted by Gasteiger charge is -2.08. The van der Waals surface area contributed by atoms with Gasteiger partial charge in [-0.1, -0.05) is 32.4 Å². The lowest BCUT2D eigenvalue weighted by molar-refractivity contribution is -0.653. The Balaban J connectivity index is 0.000000387. The summed E-state index contributed by atoms with van der Waals surface area (Å²) in [4.78, 5) is 1.45. The molecule has 0 radical (unpaired) electrons. The number of halogens is 3. The fraction of sp³-hybridized carbons (Fsp3) is 0.500. The van der Waals surface area contributed by atoms with Gasteiger partial charge in [0.25, 0.3) is 0 Å². The van der Waals surface area contributed by atoms with E-state index in [0.29, 0.717) is 0 Å². The Morgan fingerprint density at radius 2 is 1.74 bits per heavy atom. The first-order valence-electron chi connectivity index (χ1n) is 8.58. The third-order valence-corrected chi connectivity index (χ3v) is 5.51. The zero-order valence-electron chi connectivity index (χ0n) is 15.5. The van der Waals surface area contributed by atoms with Crippen molar-refractivity contribution in [3.63, 3.8) is 0 Å². The summed E-state index contributed by atoms with van der Waals surface area (Å²) in [5, 5.41) is 1.39. The van der Waals surface area contributed by atoms with Crippen molar-refractivity contribution in [3.05, 3.63) is 36.0 Å². The van der Waals surface area contributed by atoms with Crippen molar-refractivity contribution >= 4 is 32.8 Å². The highest BCUT2D eigenvalue weighted by molar-refractivity contribution is 7.99. The third-order valence-electron chi connectivity index (χ3n) is 3.80. The van der Waals surface area contributed by atoms with Crippen molar-refractivity contribution in [2.24, 2.45) is 7.05 Å². The molecule has 0 aliphatic rings. The second-order valence-corrected chi connectivity index (χ2v) is 8.44. The van der Waals surface area contributed by atoms with E-state index in [1.165, 1.54) is 46.5 Å². The van der Waals surface area contributed by atoms with Crippen LogP contribution in [-0.2, 0) is 23.6 Å². The molecule has 0 aliphatic heterocycles. The van der Waals surface area contributed by atoms with Gasteiger partial charge in [0, 0.05) is 23.4 Å². The monoisotopic (exact) mass is 423 g/mol. The summed E-state index contributed by atoms with van der Waals surface area (Å²) in [5.41, 5.74) is -2.85. The number of hydrogen-bond acceptors (Lipinski definition) is 4. The Kier molecular flexibility index (Phi) is 9.04. The van der Waals surface area contributed by atoms with Gasteiger partial charge in [-0.05, 0) is 24.7 Å². The second kappa shape index (κ2) is 10.3. The van der Waals surface area contributed by atoms with Gasteiger partial charge in [0.2, 0.25) is 5.52 Å². The number of unbranched alkanes of at least 4 members (excludes halogenated alkanes) is 1. The van der Waals surface area contributed by atoms with E-state index in [4.69, 9.17) is 13.0 Å². The van der Waals surface area contributed by atoms with Gasteiger partial charge < -0.3 is 4.55 Å². The summed E-state index contributed by atoms with van der Waals surface area (Å²) < 4.78 is 61.3. The van der Waals surface area contributed by atoms with Crippen molar-refractivity contribution in [1.29, 1.82) is 0 Å². The second-order valence-electron chi connectivity index (χ2n) is 5.93. The van der Waals surface area contributed by atoms with E-state index in [0.717, 1.165) is 6.42 Å². The van der Waals surface area contributed by atoms with Gasteiger partial charge in [-0.25, -0.2) is 8.42 Å². The Labute approximate surface area is 162 Å². The van der Waals surface area contributed by atoms with E-state index in [2.05, 4.69) is 55.8 Å². The molecule has 0 spiro atoms. The van der Waals surface area contributed by atoms with Crippen molar-refractivity contribution < 1.29 is 30.7 Å². The van der Waals surface area contributed by atoms with Crippen LogP contribution in [0.1, 0.15) is 38.8 Å². The number of thioether (sulfide) groups is 1. The molecule has 0 saturated heterocycles. The number of fused-ring (bicyclic) bond motifs is 1. The first-order chi connectivity index (χ1) is 12.5. The van der Waals surface area contributed by atoms with Crippen molar-refractivity contribution in [2.45, 2.75) is 49.9 Å². The highest BCUT2D eigenvalue weighted by atomic mass is 32.2. The fourth-order valence-corrected chi connectivity index (χ4v) is 3.60. The topological polar surface area (TPSA) is 61.1 Å². The highest BCUT2D eigenvalue weighted by Crippen LogP contribution is 2.28. The lowest BCUT2D eigenvalue weighted by atomic mass is 10.1. The van der Waals surface area contributed by atoms with Gasteiger partial charge >= 0.3 is 5.51 Å². The Hall–Kier alpha value is -1.32. The van der Waals surface area contributed by atoms with E-state index in [9.17, 15) is 13.2 Å². The molecule has 0 bridgehead atoms. The van der Waals surface area contributed by atoms with Crippen molar-refractivity contribution in [2.75, 3.05) is 5.75 Å². The van der Waals surface area contributed by atoms with E-state index < -0.39 is 15.6 Å². The van der Waals surface area contributed by atoms with E-state index >= 15 is 0 Å². The molecule has 0 unspecified atom stereocenters. The lowest BCUT2D eigenvalue weighted by Crippen LogP contribution is -2.34. The quantitative estimate of drug-likeness (QED) is 0.225. The summed E-state index contributed by atoms with van der Waals surface area (Å²) in [6.07, 6.45) is 4.92. The van der Waals surface area contributed by atoms with Crippen LogP contribution in [0.25, 0.3) is 10.9 Å². The van der Waals surface area contributed by atoms with E-state index in [1.54, 1.807) is 0 Å². The number of benzene rings is 1. The predicted molar refractivity (Wildman–Crippen MR) is 101 cm³/mol. The van der Waals surface area contributed by atoms with Crippen LogP contribution in [-0.4, -0.2) is 24.2 Å². The van der Waals surface area contributed by atoms with E-state index in [-0.39, 0.29) is 0 Å². The molecular weight excluding hydrogens is 399 g/mol. The van der Waals surface area contributed by atoms with Gasteiger partial charge in [-0.3, -0.25) is 0 Å². The number of hydrogen-bond donors (Lipinski definition) is 0. The normalized spacial score (nSPS) is 12.0. The standard InChI is InChI=1S/C17H24NS.CHF3O3S/c1-4-6-12-19-17-13-14(9-5-2)18(3)16-11-8-7-10-15(16)17;2-1(3,4)8(5,6)7/h7-8,10-11,13H,4-6,9,12H2,1-3H3;(H,5,6,7)/q+1;/p-1. The molecule has 0 aliphatic carbocycles. The molecule has 2 aromatic rings. The van der Waals surface area contributed by atoms with Crippen molar-refractivity contribution in [1.82, 2.24) is 0 Å². The number of aryl methyl sites for hydroxylation is 2. The maximum atomic E-state index is 10.7. The average Bonchev–Trinajstić information content (AvgIpc) is 2.58. The molecule has 0 atom stereocenters. The zero-order valence-corrected chi connectivity index (χ0v) is 17.2. The van der Waals surface area contributed by atoms with Gasteiger partial charge in [0.1, 0.15) is 7.05 Å². The first-order valence-corrected chi connectivity index (χ1v) is 11.0. The number of para-hydroxylation sites is 1. The largest absolute Gasteiger partial charge is 0.741 e. The summed E-state index contributed by atoms with van der Waals surface area (Å²) in [7, 11) is -3.90. The summed E-state index contributed by atoms with van der Waals surface area (Å²) in [6.45, 7) is 4.51. The molecule has 152 valence electrons. The van der Waals surface area contributed by atoms with Crippen LogP contribution in [0.5, 0.6) is 0 Å². The molecule has 1 heterocycles. The van der Waals surface area contributed by atoms with Gasteiger partial charge in [0.05, 0.1) is 5.39 Å². The minimum Gasteiger partial charge on any atom is -0.741 e. The van der Waals surface area contributed by atoms with Crippen LogP contribution in [0.2, 0.25) is 0 Å². The van der Waals surface area contributed by atoms with Crippen molar-refractivity contribution in [3.8, 4) is 0 Å². The number of alkyl halides is 3. The van der Waals surface area contributed by atoms with Gasteiger partial charge in [-0.15, -0.1) is 11.8 Å². The number of nitrogens with zero attached hydrogens (tertiary/aromatic N) is 1. The van der Waals surface area contributed by atoms with Crippen LogP contribution in [0, 0.1) is 0 Å². The molecule has 27 heavy (non-hydrogen) atoms. The SMILES string of the molecule is CCCCSc1cc(CCC)[n+](C)c2ccccc12.O=S(=O)([O-])C(F)(F)F. The minimum atomic E-state index is -6.09. The molecule has 0 amide bonds.